The first-order valence-corrected chi connectivity index (χ1v) is 9.10. The summed E-state index contributed by atoms with van der Waals surface area (Å²) in [5.41, 5.74) is 0. The van der Waals surface area contributed by atoms with Gasteiger partial charge >= 0.3 is 0 Å². The highest BCUT2D eigenvalue weighted by atomic mass is 16.3. The van der Waals surface area contributed by atoms with E-state index in [1.165, 1.54) is 51.4 Å². The molecule has 0 spiro atoms. The highest BCUT2D eigenvalue weighted by molar-refractivity contribution is 5.91. The Morgan fingerprint density at radius 2 is 2.18 bits per heavy atom. The van der Waals surface area contributed by atoms with Gasteiger partial charge in [0, 0.05) is 13.1 Å². The van der Waals surface area contributed by atoms with Crippen molar-refractivity contribution in [3.05, 3.63) is 24.2 Å². The minimum absolute atomic E-state index is 0.0912. The second-order valence-electron chi connectivity index (χ2n) is 7.24. The van der Waals surface area contributed by atoms with Crippen LogP contribution in [0, 0.1) is 17.8 Å². The first-order chi connectivity index (χ1) is 10.8. The fraction of sp³-hybridized carbons (Fsp3) is 0.737. The second-order valence-corrected chi connectivity index (χ2v) is 7.24. The van der Waals surface area contributed by atoms with E-state index in [4.69, 9.17) is 4.42 Å². The standard InChI is InChI=1S/C19H29NO2/c1-2-3-4-5-7-16-12-15-9-10-17(16)14-20(13-15)19(21)18-8-6-11-22-18/h6,8,11,15-17H,2-5,7,9-10,12-14H2,1H3. The van der Waals surface area contributed by atoms with Crippen molar-refractivity contribution in [2.45, 2.75) is 58.3 Å². The topological polar surface area (TPSA) is 33.5 Å². The van der Waals surface area contributed by atoms with Crippen molar-refractivity contribution in [1.82, 2.24) is 4.90 Å². The van der Waals surface area contributed by atoms with Gasteiger partial charge in [0.2, 0.25) is 0 Å². The molecule has 1 saturated carbocycles. The maximum Gasteiger partial charge on any atom is 0.289 e. The molecule has 2 aliphatic heterocycles. The van der Waals surface area contributed by atoms with Crippen LogP contribution in [0.5, 0.6) is 0 Å². The summed E-state index contributed by atoms with van der Waals surface area (Å²) in [7, 11) is 0. The molecule has 1 aliphatic carbocycles. The van der Waals surface area contributed by atoms with Crippen molar-refractivity contribution in [3.63, 3.8) is 0 Å². The van der Waals surface area contributed by atoms with E-state index in [-0.39, 0.29) is 5.91 Å². The van der Waals surface area contributed by atoms with Crippen molar-refractivity contribution in [2.75, 3.05) is 13.1 Å². The highest BCUT2D eigenvalue weighted by Crippen LogP contribution is 2.41. The lowest BCUT2D eigenvalue weighted by Crippen LogP contribution is -2.35. The number of unbranched alkanes of at least 4 members (excludes halogenated alkanes) is 3. The molecule has 0 radical (unpaired) electrons. The molecular weight excluding hydrogens is 274 g/mol. The van der Waals surface area contributed by atoms with Crippen molar-refractivity contribution >= 4 is 5.91 Å². The molecule has 4 rings (SSSR count). The van der Waals surface area contributed by atoms with E-state index < -0.39 is 0 Å². The van der Waals surface area contributed by atoms with E-state index in [1.54, 1.807) is 18.4 Å². The number of rotatable bonds is 6. The van der Waals surface area contributed by atoms with Crippen LogP contribution in [0.2, 0.25) is 0 Å². The Balaban J connectivity index is 1.59. The third kappa shape index (κ3) is 3.56. The van der Waals surface area contributed by atoms with Gasteiger partial charge in [-0.1, -0.05) is 39.0 Å². The number of nitrogens with zero attached hydrogens (tertiary/aromatic N) is 1. The maximum atomic E-state index is 12.6. The Morgan fingerprint density at radius 1 is 1.27 bits per heavy atom. The molecule has 0 aromatic carbocycles. The van der Waals surface area contributed by atoms with Crippen molar-refractivity contribution < 1.29 is 9.21 Å². The van der Waals surface area contributed by atoms with Gasteiger partial charge in [-0.3, -0.25) is 4.79 Å². The van der Waals surface area contributed by atoms with E-state index >= 15 is 0 Å². The van der Waals surface area contributed by atoms with Crippen LogP contribution >= 0.6 is 0 Å². The van der Waals surface area contributed by atoms with Gasteiger partial charge in [0.1, 0.15) is 0 Å². The number of furan rings is 1. The Morgan fingerprint density at radius 3 is 2.95 bits per heavy atom. The van der Waals surface area contributed by atoms with E-state index in [2.05, 4.69) is 11.8 Å². The summed E-state index contributed by atoms with van der Waals surface area (Å²) in [5.74, 6) is 2.84. The number of hydrogen-bond acceptors (Lipinski definition) is 2. The molecule has 3 heterocycles. The molecular formula is C19H29NO2. The van der Waals surface area contributed by atoms with Crippen LogP contribution in [0.4, 0.5) is 0 Å². The van der Waals surface area contributed by atoms with Gasteiger partial charge in [0.05, 0.1) is 6.26 Å². The molecule has 2 bridgehead atoms. The molecule has 0 N–H and O–H groups in total. The summed E-state index contributed by atoms with van der Waals surface area (Å²) in [4.78, 5) is 14.6. The number of fused-ring (bicyclic) bond motifs is 4. The number of carbonyl (C=O) groups is 1. The van der Waals surface area contributed by atoms with Crippen LogP contribution in [0.25, 0.3) is 0 Å². The Labute approximate surface area is 134 Å². The second kappa shape index (κ2) is 7.34. The monoisotopic (exact) mass is 303 g/mol. The molecule has 3 nitrogen and oxygen atoms in total. The quantitative estimate of drug-likeness (QED) is 0.711. The fourth-order valence-electron chi connectivity index (χ4n) is 4.41. The lowest BCUT2D eigenvalue weighted by Gasteiger charge is -2.31. The first kappa shape index (κ1) is 15.6. The van der Waals surface area contributed by atoms with Crippen LogP contribution in [0.3, 0.4) is 0 Å². The minimum atomic E-state index is 0.0912. The lowest BCUT2D eigenvalue weighted by atomic mass is 9.73. The molecule has 3 unspecified atom stereocenters. The third-order valence-corrected chi connectivity index (χ3v) is 5.63. The largest absolute Gasteiger partial charge is 0.459 e. The average molecular weight is 303 g/mol. The normalized spacial score (nSPS) is 27.9. The summed E-state index contributed by atoms with van der Waals surface area (Å²) in [6.45, 7) is 4.14. The van der Waals surface area contributed by atoms with E-state index in [0.29, 0.717) is 17.6 Å². The van der Waals surface area contributed by atoms with Gasteiger partial charge in [-0.2, -0.15) is 0 Å². The first-order valence-electron chi connectivity index (χ1n) is 9.10. The number of hydrogen-bond donors (Lipinski definition) is 0. The average Bonchev–Trinajstić information content (AvgIpc) is 2.92. The van der Waals surface area contributed by atoms with E-state index in [0.717, 1.165) is 19.0 Å². The van der Waals surface area contributed by atoms with Gasteiger partial charge in [-0.25, -0.2) is 0 Å². The predicted molar refractivity (Wildman–Crippen MR) is 87.7 cm³/mol. The van der Waals surface area contributed by atoms with Crippen molar-refractivity contribution in [3.8, 4) is 0 Å². The van der Waals surface area contributed by atoms with Gasteiger partial charge in [-0.15, -0.1) is 0 Å². The molecule has 22 heavy (non-hydrogen) atoms. The number of carbonyl (C=O) groups excluding carboxylic acids is 1. The summed E-state index contributed by atoms with van der Waals surface area (Å²) in [6, 6.07) is 3.59. The van der Waals surface area contributed by atoms with Crippen LogP contribution in [0.1, 0.15) is 68.8 Å². The zero-order valence-corrected chi connectivity index (χ0v) is 13.8. The zero-order chi connectivity index (χ0) is 15.4. The molecule has 3 aliphatic rings. The van der Waals surface area contributed by atoms with Gasteiger partial charge in [0.15, 0.2) is 5.76 Å². The van der Waals surface area contributed by atoms with E-state index in [1.807, 2.05) is 0 Å². The van der Waals surface area contributed by atoms with Crippen LogP contribution in [-0.2, 0) is 0 Å². The Hall–Kier alpha value is -1.25. The Kier molecular flexibility index (Phi) is 5.22. The third-order valence-electron chi connectivity index (χ3n) is 5.63. The van der Waals surface area contributed by atoms with Gasteiger partial charge in [0.25, 0.3) is 5.91 Å². The molecule has 2 saturated heterocycles. The zero-order valence-electron chi connectivity index (χ0n) is 13.8. The smallest absolute Gasteiger partial charge is 0.289 e. The summed E-state index contributed by atoms with van der Waals surface area (Å²) < 4.78 is 5.31. The van der Waals surface area contributed by atoms with E-state index in [9.17, 15) is 4.79 Å². The maximum absolute atomic E-state index is 12.6. The number of amides is 1. The van der Waals surface area contributed by atoms with Gasteiger partial charge in [-0.05, 0) is 49.1 Å². The summed E-state index contributed by atoms with van der Waals surface area (Å²) in [5, 5.41) is 0. The Bertz CT molecular complexity index is 468. The molecule has 1 amide bonds. The highest BCUT2D eigenvalue weighted by Gasteiger charge is 2.38. The van der Waals surface area contributed by atoms with Crippen molar-refractivity contribution in [2.24, 2.45) is 17.8 Å². The molecule has 122 valence electrons. The SMILES string of the molecule is CCCCCCC1CC2CCC1CN(C(=O)c1ccco1)C2. The van der Waals surface area contributed by atoms with Gasteiger partial charge < -0.3 is 9.32 Å². The van der Waals surface area contributed by atoms with Crippen LogP contribution in [-0.4, -0.2) is 23.9 Å². The predicted octanol–water partition coefficient (Wildman–Crippen LogP) is 4.74. The molecule has 1 aromatic heterocycles. The van der Waals surface area contributed by atoms with Crippen molar-refractivity contribution in [1.29, 1.82) is 0 Å². The van der Waals surface area contributed by atoms with Crippen LogP contribution < -0.4 is 0 Å². The summed E-state index contributed by atoms with van der Waals surface area (Å²) >= 11 is 0. The lowest BCUT2D eigenvalue weighted by molar-refractivity contribution is 0.0703. The molecule has 1 aromatic rings. The molecule has 3 heteroatoms. The van der Waals surface area contributed by atoms with Crippen LogP contribution in [0.15, 0.2) is 22.8 Å². The molecule has 3 atom stereocenters. The minimum Gasteiger partial charge on any atom is -0.459 e. The summed E-state index contributed by atoms with van der Waals surface area (Å²) in [6.07, 6.45) is 12.3. The fourth-order valence-corrected chi connectivity index (χ4v) is 4.41. The molecule has 3 fully saturated rings.